The summed E-state index contributed by atoms with van der Waals surface area (Å²) in [5, 5.41) is 9.86. The van der Waals surface area contributed by atoms with Crippen LogP contribution in [-0.2, 0) is 26.8 Å². The minimum atomic E-state index is -3.60. The molecule has 2 atom stereocenters. The molecule has 1 aliphatic rings. The summed E-state index contributed by atoms with van der Waals surface area (Å²) in [5.41, 5.74) is 3.73. The fraction of sp³-hybridized carbons (Fsp3) is 0.435. The Bertz CT molecular complexity index is 918. The lowest BCUT2D eigenvalue weighted by atomic mass is 9.95. The van der Waals surface area contributed by atoms with E-state index in [9.17, 15) is 14.6 Å². The van der Waals surface area contributed by atoms with Gasteiger partial charge in [0.2, 0.25) is 0 Å². The summed E-state index contributed by atoms with van der Waals surface area (Å²) in [6, 6.07) is 13.9. The molecule has 0 aromatic heterocycles. The van der Waals surface area contributed by atoms with Crippen LogP contribution in [0.3, 0.4) is 0 Å². The van der Waals surface area contributed by atoms with Crippen LogP contribution in [0.25, 0.3) is 0 Å². The molecule has 0 spiro atoms. The zero-order valence-corrected chi connectivity index (χ0v) is 19.0. The second-order valence-electron chi connectivity index (χ2n) is 7.67. The van der Waals surface area contributed by atoms with Crippen LogP contribution in [-0.4, -0.2) is 35.5 Å². The number of nitrogens with one attached hydrogen (secondary N) is 1. The van der Waals surface area contributed by atoms with Crippen molar-refractivity contribution < 1.29 is 23.8 Å². The van der Waals surface area contributed by atoms with E-state index in [-0.39, 0.29) is 6.54 Å². The number of unbranched alkanes of at least 4 members (excludes halogenated alkanes) is 3. The molecule has 3 rings (SSSR count). The zero-order valence-electron chi connectivity index (χ0n) is 18.1. The molecule has 1 amide bonds. The van der Waals surface area contributed by atoms with Crippen LogP contribution in [0.1, 0.15) is 43.7 Å². The maximum Gasteiger partial charge on any atom is 0.303 e. The number of nitrogens with zero attached hydrogens (tertiary/aromatic N) is 1. The van der Waals surface area contributed by atoms with Crippen LogP contribution in [0.4, 0.5) is 0 Å². The van der Waals surface area contributed by atoms with E-state index in [4.69, 9.17) is 9.26 Å². The number of hydrogen-bond donors (Lipinski definition) is 2. The molecule has 2 aromatic rings. The SMILES string of the molecule is CCCCCCOP(=O)(c1ccc(OC)cc1)N1Cc2ccccc2C[C@@H]1C(=O)NO. The largest absolute Gasteiger partial charge is 0.497 e. The number of hydroxylamine groups is 1. The number of rotatable bonds is 10. The van der Waals surface area contributed by atoms with Crippen LogP contribution in [0.2, 0.25) is 0 Å². The average molecular weight is 446 g/mol. The third kappa shape index (κ3) is 5.36. The van der Waals surface area contributed by atoms with E-state index in [0.29, 0.717) is 24.1 Å². The number of hydrogen-bond acceptors (Lipinski definition) is 5. The smallest absolute Gasteiger partial charge is 0.303 e. The molecule has 8 heteroatoms. The first-order valence-corrected chi connectivity index (χ1v) is 12.3. The molecule has 1 unspecified atom stereocenters. The van der Waals surface area contributed by atoms with Crippen LogP contribution >= 0.6 is 7.52 Å². The lowest BCUT2D eigenvalue weighted by molar-refractivity contribution is -0.133. The quantitative estimate of drug-likeness (QED) is 0.248. The van der Waals surface area contributed by atoms with Crippen molar-refractivity contribution in [3.05, 3.63) is 59.7 Å². The zero-order chi connectivity index (χ0) is 22.3. The van der Waals surface area contributed by atoms with Gasteiger partial charge in [0, 0.05) is 6.54 Å². The van der Waals surface area contributed by atoms with E-state index in [2.05, 4.69) is 6.92 Å². The first kappa shape index (κ1) is 23.5. The van der Waals surface area contributed by atoms with Gasteiger partial charge >= 0.3 is 7.52 Å². The summed E-state index contributed by atoms with van der Waals surface area (Å²) in [5.74, 6) is 0.0460. The van der Waals surface area contributed by atoms with Gasteiger partial charge in [-0.3, -0.25) is 14.6 Å². The average Bonchev–Trinajstić information content (AvgIpc) is 2.82. The van der Waals surface area contributed by atoms with Crippen molar-refractivity contribution in [3.63, 3.8) is 0 Å². The molecule has 0 saturated heterocycles. The molecule has 168 valence electrons. The predicted molar refractivity (Wildman–Crippen MR) is 120 cm³/mol. The second-order valence-corrected chi connectivity index (χ2v) is 10.0. The summed E-state index contributed by atoms with van der Waals surface area (Å²) in [6.07, 6.45) is 4.29. The number of amides is 1. The Kier molecular flexibility index (Phi) is 8.27. The van der Waals surface area contributed by atoms with E-state index >= 15 is 0 Å². The molecule has 7 nitrogen and oxygen atoms in total. The first-order valence-electron chi connectivity index (χ1n) is 10.7. The molecule has 0 aliphatic carbocycles. The van der Waals surface area contributed by atoms with Crippen molar-refractivity contribution >= 4 is 18.7 Å². The number of ether oxygens (including phenoxy) is 1. The maximum absolute atomic E-state index is 14.4. The highest BCUT2D eigenvalue weighted by Crippen LogP contribution is 2.54. The van der Waals surface area contributed by atoms with Gasteiger partial charge in [0.05, 0.1) is 19.0 Å². The van der Waals surface area contributed by atoms with Gasteiger partial charge in [0.15, 0.2) is 0 Å². The van der Waals surface area contributed by atoms with E-state index in [1.807, 2.05) is 24.3 Å². The van der Waals surface area contributed by atoms with Crippen molar-refractivity contribution in [2.24, 2.45) is 0 Å². The Hall–Kier alpha value is -2.18. The van der Waals surface area contributed by atoms with Crippen molar-refractivity contribution in [1.29, 1.82) is 0 Å². The Morgan fingerprint density at radius 1 is 1.13 bits per heavy atom. The van der Waals surface area contributed by atoms with Crippen LogP contribution in [0, 0.1) is 0 Å². The standard InChI is InChI=1S/C23H31N2O5P/c1-3-4-5-8-15-30-31(28,21-13-11-20(29-2)12-14-21)25-17-19-10-7-6-9-18(19)16-22(25)23(26)24-27/h6-7,9-14,22,27H,3-5,8,15-17H2,1-2H3,(H,24,26)/t22-,31?/m1/s1. The highest BCUT2D eigenvalue weighted by molar-refractivity contribution is 7.64. The fourth-order valence-corrected chi connectivity index (χ4v) is 6.26. The minimum Gasteiger partial charge on any atom is -0.497 e. The number of methoxy groups -OCH3 is 1. The summed E-state index contributed by atoms with van der Waals surface area (Å²) in [6.45, 7) is 2.74. The molecule has 1 aliphatic heterocycles. The highest BCUT2D eigenvalue weighted by atomic mass is 31.2. The molecule has 0 radical (unpaired) electrons. The van der Waals surface area contributed by atoms with Gasteiger partial charge in [-0.25, -0.2) is 10.2 Å². The predicted octanol–water partition coefficient (Wildman–Crippen LogP) is 4.04. The lowest BCUT2D eigenvalue weighted by Crippen LogP contribution is -2.49. The summed E-state index contributed by atoms with van der Waals surface area (Å²) in [4.78, 5) is 12.6. The van der Waals surface area contributed by atoms with Crippen LogP contribution in [0.15, 0.2) is 48.5 Å². The van der Waals surface area contributed by atoms with Crippen LogP contribution < -0.4 is 15.5 Å². The van der Waals surface area contributed by atoms with Crippen molar-refractivity contribution in [1.82, 2.24) is 10.2 Å². The Morgan fingerprint density at radius 2 is 1.84 bits per heavy atom. The molecule has 1 heterocycles. The Balaban J connectivity index is 1.98. The second kappa shape index (κ2) is 10.9. The molecular formula is C23H31N2O5P. The molecular weight excluding hydrogens is 415 g/mol. The van der Waals surface area contributed by atoms with E-state index < -0.39 is 19.5 Å². The van der Waals surface area contributed by atoms with Gasteiger partial charge < -0.3 is 9.26 Å². The molecule has 0 fully saturated rings. The topological polar surface area (TPSA) is 88.1 Å². The van der Waals surface area contributed by atoms with Gasteiger partial charge in [-0.1, -0.05) is 50.5 Å². The van der Waals surface area contributed by atoms with Gasteiger partial charge in [-0.15, -0.1) is 0 Å². The van der Waals surface area contributed by atoms with Gasteiger partial charge in [0.1, 0.15) is 11.8 Å². The van der Waals surface area contributed by atoms with Gasteiger partial charge in [-0.2, -0.15) is 0 Å². The van der Waals surface area contributed by atoms with E-state index in [1.165, 1.54) is 0 Å². The van der Waals surface area contributed by atoms with E-state index in [0.717, 1.165) is 36.8 Å². The normalized spacial score (nSPS) is 18.1. The fourth-order valence-electron chi connectivity index (χ4n) is 3.87. The van der Waals surface area contributed by atoms with Gasteiger partial charge in [0.25, 0.3) is 5.91 Å². The maximum atomic E-state index is 14.4. The highest BCUT2D eigenvalue weighted by Gasteiger charge is 2.44. The van der Waals surface area contributed by atoms with Crippen LogP contribution in [0.5, 0.6) is 5.75 Å². The number of fused-ring (bicyclic) bond motifs is 1. The summed E-state index contributed by atoms with van der Waals surface area (Å²) < 4.78 is 27.4. The number of carbonyl (C=O) groups is 1. The van der Waals surface area contributed by atoms with Crippen molar-refractivity contribution in [2.75, 3.05) is 13.7 Å². The first-order chi connectivity index (χ1) is 15.0. The lowest BCUT2D eigenvalue weighted by Gasteiger charge is -2.39. The molecule has 2 N–H and O–H groups in total. The summed E-state index contributed by atoms with van der Waals surface area (Å²) in [7, 11) is -2.03. The van der Waals surface area contributed by atoms with Crippen molar-refractivity contribution in [2.45, 2.75) is 51.6 Å². The molecule has 0 saturated carbocycles. The van der Waals surface area contributed by atoms with Gasteiger partial charge in [-0.05, 0) is 48.2 Å². The molecule has 0 bridgehead atoms. The number of carbonyl (C=O) groups excluding carboxylic acids is 1. The third-order valence-electron chi connectivity index (χ3n) is 5.64. The number of benzene rings is 2. The van der Waals surface area contributed by atoms with Crippen molar-refractivity contribution in [3.8, 4) is 5.75 Å². The summed E-state index contributed by atoms with van der Waals surface area (Å²) >= 11 is 0. The van der Waals surface area contributed by atoms with E-state index in [1.54, 1.807) is 41.5 Å². The molecule has 31 heavy (non-hydrogen) atoms. The molecule has 2 aromatic carbocycles. The monoisotopic (exact) mass is 446 g/mol. The Morgan fingerprint density at radius 3 is 2.48 bits per heavy atom. The minimum absolute atomic E-state index is 0.284. The Labute approximate surface area is 183 Å². The third-order valence-corrected chi connectivity index (χ3v) is 8.22.